The molecule has 148 valence electrons. The Labute approximate surface area is 171 Å². The Morgan fingerprint density at radius 2 is 2.00 bits per heavy atom. The number of hydrogen-bond acceptors (Lipinski definition) is 6. The van der Waals surface area contributed by atoms with E-state index in [0.29, 0.717) is 17.1 Å². The number of hydrogen-bond donors (Lipinski definition) is 1. The van der Waals surface area contributed by atoms with Crippen molar-refractivity contribution in [1.29, 1.82) is 5.26 Å². The molecule has 0 saturated carbocycles. The van der Waals surface area contributed by atoms with Gasteiger partial charge in [-0.1, -0.05) is 12.1 Å². The second-order valence-corrected chi connectivity index (χ2v) is 7.30. The molecule has 0 aliphatic carbocycles. The summed E-state index contributed by atoms with van der Waals surface area (Å²) in [6.07, 6.45) is 0.115. The number of ether oxygens (including phenoxy) is 1. The third-order valence-electron chi connectivity index (χ3n) is 4.17. The van der Waals surface area contributed by atoms with Gasteiger partial charge < -0.3 is 14.4 Å². The maximum Gasteiger partial charge on any atom is 0.307 e. The van der Waals surface area contributed by atoms with Gasteiger partial charge in [0.2, 0.25) is 0 Å². The number of aromatic nitrogens is 2. The van der Waals surface area contributed by atoms with Crippen LogP contribution < -0.4 is 0 Å². The van der Waals surface area contributed by atoms with Crippen LogP contribution in [-0.4, -0.2) is 33.0 Å². The van der Waals surface area contributed by atoms with Crippen LogP contribution >= 0.6 is 11.8 Å². The van der Waals surface area contributed by atoms with Gasteiger partial charge in [0, 0.05) is 17.7 Å². The van der Waals surface area contributed by atoms with E-state index < -0.39 is 12.6 Å². The number of benzene rings is 2. The van der Waals surface area contributed by atoms with E-state index >= 15 is 0 Å². The van der Waals surface area contributed by atoms with Crippen LogP contribution in [0.5, 0.6) is 0 Å². The fourth-order valence-corrected chi connectivity index (χ4v) is 3.52. The molecule has 1 aromatic heterocycles. The van der Waals surface area contributed by atoms with E-state index in [1.807, 2.05) is 30.3 Å². The molecular formula is C21H18FN3O3S. The number of aliphatic hydroxyl groups excluding tert-OH is 1. The number of carbonyl (C=O) groups is 1. The highest BCUT2D eigenvalue weighted by Gasteiger charge is 2.17. The van der Waals surface area contributed by atoms with Gasteiger partial charge in [0.05, 0.1) is 17.5 Å². The van der Waals surface area contributed by atoms with Crippen LogP contribution in [-0.2, 0) is 16.6 Å². The van der Waals surface area contributed by atoms with E-state index in [-0.39, 0.29) is 23.6 Å². The summed E-state index contributed by atoms with van der Waals surface area (Å²) in [5, 5.41) is 19.7. The molecule has 3 aromatic rings. The monoisotopic (exact) mass is 411 g/mol. The third kappa shape index (κ3) is 4.95. The zero-order valence-electron chi connectivity index (χ0n) is 15.6. The number of rotatable bonds is 7. The molecule has 2 aromatic carbocycles. The van der Waals surface area contributed by atoms with E-state index in [1.54, 1.807) is 23.7 Å². The molecule has 1 N–H and O–H groups in total. The molecule has 0 aliphatic heterocycles. The lowest BCUT2D eigenvalue weighted by atomic mass is 10.2. The molecule has 0 spiro atoms. The number of aliphatic hydroxyl groups is 1. The number of carbonyl (C=O) groups excluding carboxylic acids is 1. The van der Waals surface area contributed by atoms with Crippen LogP contribution in [0, 0.1) is 17.1 Å². The molecule has 29 heavy (non-hydrogen) atoms. The van der Waals surface area contributed by atoms with Crippen molar-refractivity contribution in [1.82, 2.24) is 9.55 Å². The molecule has 6 nitrogen and oxygen atoms in total. The number of nitriles is 1. The van der Waals surface area contributed by atoms with Gasteiger partial charge in [0.15, 0.2) is 11.6 Å². The van der Waals surface area contributed by atoms with Gasteiger partial charge >= 0.3 is 5.97 Å². The summed E-state index contributed by atoms with van der Waals surface area (Å²) in [7, 11) is 1.74. The minimum atomic E-state index is -0.506. The molecular weight excluding hydrogens is 393 g/mol. The van der Waals surface area contributed by atoms with Crippen molar-refractivity contribution in [3.8, 4) is 6.07 Å². The molecule has 0 amide bonds. The van der Waals surface area contributed by atoms with Crippen molar-refractivity contribution in [2.24, 2.45) is 7.05 Å². The molecule has 0 bridgehead atoms. The van der Waals surface area contributed by atoms with Gasteiger partial charge in [-0.05, 0) is 36.4 Å². The number of allylic oxidation sites excluding steroid dienone is 1. The summed E-state index contributed by atoms with van der Waals surface area (Å²) in [5.41, 5.74) is 1.47. The topological polar surface area (TPSA) is 88.1 Å². The number of fused-ring (bicyclic) bond motifs is 1. The lowest BCUT2D eigenvalue weighted by Crippen LogP contribution is -2.10. The van der Waals surface area contributed by atoms with E-state index in [4.69, 9.17) is 4.74 Å². The highest BCUT2D eigenvalue weighted by Crippen LogP contribution is 2.22. The van der Waals surface area contributed by atoms with E-state index in [0.717, 1.165) is 10.4 Å². The Morgan fingerprint density at radius 3 is 2.69 bits per heavy atom. The fraction of sp³-hybridized carbons (Fsp3) is 0.190. The lowest BCUT2D eigenvalue weighted by molar-refractivity contribution is -0.142. The van der Waals surface area contributed by atoms with Crippen molar-refractivity contribution in [2.75, 3.05) is 12.4 Å². The first-order chi connectivity index (χ1) is 14.0. The van der Waals surface area contributed by atoms with Gasteiger partial charge in [-0.3, -0.25) is 4.79 Å². The van der Waals surface area contributed by atoms with Crippen molar-refractivity contribution in [3.05, 3.63) is 65.9 Å². The molecule has 0 saturated heterocycles. The molecule has 8 heteroatoms. The van der Waals surface area contributed by atoms with Gasteiger partial charge in [-0.2, -0.15) is 5.26 Å². The number of esters is 1. The summed E-state index contributed by atoms with van der Waals surface area (Å²) >= 11 is 1.40. The largest absolute Gasteiger partial charge is 0.507 e. The summed E-state index contributed by atoms with van der Waals surface area (Å²) in [6, 6.07) is 15.3. The Balaban J connectivity index is 1.59. The molecule has 0 aliphatic rings. The van der Waals surface area contributed by atoms with Gasteiger partial charge in [0.25, 0.3) is 0 Å². The molecule has 1 heterocycles. The minimum absolute atomic E-state index is 0.0443. The van der Waals surface area contributed by atoms with E-state index in [1.165, 1.54) is 23.9 Å². The first-order valence-electron chi connectivity index (χ1n) is 8.77. The Morgan fingerprint density at radius 1 is 1.28 bits per heavy atom. The fourth-order valence-electron chi connectivity index (χ4n) is 2.69. The van der Waals surface area contributed by atoms with Crippen LogP contribution in [0.1, 0.15) is 12.2 Å². The van der Waals surface area contributed by atoms with Crippen LogP contribution in [0.15, 0.2) is 59.2 Å². The quantitative estimate of drug-likeness (QED) is 0.271. The summed E-state index contributed by atoms with van der Waals surface area (Å²) in [4.78, 5) is 17.1. The van der Waals surface area contributed by atoms with Gasteiger partial charge in [-0.25, -0.2) is 9.37 Å². The number of aryl methyl sites for hydroxylation is 1. The average Bonchev–Trinajstić information content (AvgIpc) is 3.05. The first-order valence-corrected chi connectivity index (χ1v) is 9.76. The number of thioether (sulfide) groups is 1. The smallest absolute Gasteiger partial charge is 0.307 e. The first kappa shape index (κ1) is 20.4. The molecule has 0 atom stereocenters. The van der Waals surface area contributed by atoms with Crippen molar-refractivity contribution in [3.63, 3.8) is 0 Å². The molecule has 0 unspecified atom stereocenters. The number of para-hydroxylation sites is 2. The maximum absolute atomic E-state index is 12.9. The van der Waals surface area contributed by atoms with Crippen molar-refractivity contribution < 1.29 is 19.0 Å². The number of imidazole rings is 1. The van der Waals surface area contributed by atoms with Crippen molar-refractivity contribution >= 4 is 34.3 Å². The van der Waals surface area contributed by atoms with Gasteiger partial charge in [0.1, 0.15) is 24.1 Å². The normalized spacial score (nSPS) is 11.8. The molecule has 3 rings (SSSR count). The van der Waals surface area contributed by atoms with Crippen LogP contribution in [0.25, 0.3) is 16.6 Å². The maximum atomic E-state index is 12.9. The predicted molar refractivity (Wildman–Crippen MR) is 109 cm³/mol. The molecule has 0 fully saturated rings. The number of nitrogens with zero attached hydrogens (tertiary/aromatic N) is 3. The van der Waals surface area contributed by atoms with Crippen LogP contribution in [0.4, 0.5) is 4.39 Å². The zero-order chi connectivity index (χ0) is 20.8. The Bertz CT molecular complexity index is 1100. The Kier molecular flexibility index (Phi) is 6.52. The zero-order valence-corrected chi connectivity index (χ0v) is 16.4. The minimum Gasteiger partial charge on any atom is -0.507 e. The SMILES string of the molecule is Cn1c(/C(C#N)=C(\O)COC(=O)CCSc2ccc(F)cc2)nc2ccccc21. The second-order valence-electron chi connectivity index (χ2n) is 6.13. The number of halogens is 1. The molecule has 0 radical (unpaired) electrons. The predicted octanol–water partition coefficient (Wildman–Crippen LogP) is 4.23. The van der Waals surface area contributed by atoms with Crippen LogP contribution in [0.2, 0.25) is 0 Å². The van der Waals surface area contributed by atoms with E-state index in [9.17, 15) is 19.6 Å². The summed E-state index contributed by atoms with van der Waals surface area (Å²) in [5.74, 6) is -0.428. The van der Waals surface area contributed by atoms with Gasteiger partial charge in [-0.15, -0.1) is 11.8 Å². The van der Waals surface area contributed by atoms with E-state index in [2.05, 4.69) is 4.98 Å². The standard InChI is InChI=1S/C21H18FN3O3S/c1-25-18-5-3-2-4-17(18)24-21(25)16(12-23)19(26)13-28-20(27)10-11-29-15-8-6-14(22)7-9-15/h2-9,26H,10-11,13H2,1H3/b19-16-. The highest BCUT2D eigenvalue weighted by atomic mass is 32.2. The Hall–Kier alpha value is -3.31. The third-order valence-corrected chi connectivity index (χ3v) is 5.18. The van der Waals surface area contributed by atoms with Crippen molar-refractivity contribution in [2.45, 2.75) is 11.3 Å². The lowest BCUT2D eigenvalue weighted by Gasteiger charge is -2.07. The average molecular weight is 411 g/mol. The van der Waals surface area contributed by atoms with Crippen LogP contribution in [0.3, 0.4) is 0 Å². The highest BCUT2D eigenvalue weighted by molar-refractivity contribution is 7.99. The summed E-state index contributed by atoms with van der Waals surface area (Å²) < 4.78 is 19.6. The summed E-state index contributed by atoms with van der Waals surface area (Å²) in [6.45, 7) is -0.411. The second kappa shape index (κ2) is 9.26.